The number of amides is 1. The number of thioether (sulfide) groups is 1. The molecule has 2 aromatic heterocycles. The van der Waals surface area contributed by atoms with E-state index in [1.807, 2.05) is 6.92 Å². The second-order valence-electron chi connectivity index (χ2n) is 5.37. The van der Waals surface area contributed by atoms with Gasteiger partial charge in [-0.05, 0) is 13.3 Å². The van der Waals surface area contributed by atoms with E-state index in [1.165, 1.54) is 23.1 Å². The Balaban J connectivity index is 1.87. The zero-order chi connectivity index (χ0) is 18.9. The molecule has 2 heterocycles. The van der Waals surface area contributed by atoms with Gasteiger partial charge in [0.2, 0.25) is 5.91 Å². The molecule has 8 nitrogen and oxygen atoms in total. The van der Waals surface area contributed by atoms with Gasteiger partial charge in [-0.1, -0.05) is 25.6 Å². The highest BCUT2D eigenvalue weighted by Crippen LogP contribution is 2.20. The van der Waals surface area contributed by atoms with Gasteiger partial charge in [-0.2, -0.15) is 0 Å². The van der Waals surface area contributed by atoms with E-state index in [2.05, 4.69) is 32.0 Å². The third-order valence-corrected chi connectivity index (χ3v) is 5.09. The van der Waals surface area contributed by atoms with Crippen molar-refractivity contribution in [1.82, 2.24) is 19.7 Å². The molecule has 0 saturated carbocycles. The number of esters is 1. The molecular weight excluding hydrogens is 374 g/mol. The van der Waals surface area contributed by atoms with Crippen molar-refractivity contribution in [2.24, 2.45) is 0 Å². The second-order valence-corrected chi connectivity index (χ2v) is 7.17. The van der Waals surface area contributed by atoms with Crippen LogP contribution in [0.25, 0.3) is 0 Å². The number of rotatable bonds is 10. The van der Waals surface area contributed by atoms with E-state index < -0.39 is 0 Å². The summed E-state index contributed by atoms with van der Waals surface area (Å²) in [4.78, 5) is 27.8. The summed E-state index contributed by atoms with van der Waals surface area (Å²) in [5, 5.41) is 14.0. The average molecular weight is 398 g/mol. The average Bonchev–Trinajstić information content (AvgIpc) is 3.20. The van der Waals surface area contributed by atoms with Crippen LogP contribution in [0, 0.1) is 0 Å². The Kier molecular flexibility index (Phi) is 8.05. The highest BCUT2D eigenvalue weighted by Gasteiger charge is 2.14. The Bertz CT molecular complexity index is 744. The number of carbonyl (C=O) groups is 2. The van der Waals surface area contributed by atoms with Crippen molar-refractivity contribution in [1.29, 1.82) is 0 Å². The molecule has 0 saturated heterocycles. The van der Waals surface area contributed by atoms with Crippen LogP contribution in [0.2, 0.25) is 0 Å². The van der Waals surface area contributed by atoms with E-state index in [1.54, 1.807) is 12.3 Å². The van der Waals surface area contributed by atoms with E-state index >= 15 is 0 Å². The Morgan fingerprint density at radius 2 is 2.12 bits per heavy atom. The molecule has 1 amide bonds. The standard InChI is InChI=1S/C16H23N5O3S2/c1-4-7-21-12(5-2)19-20-16(21)26-10-13(22)18-15-17-11(9-25-15)8-14(23)24-6-3/h9H,4-8,10H2,1-3H3,(H,17,18,22). The van der Waals surface area contributed by atoms with Gasteiger partial charge in [0.1, 0.15) is 5.82 Å². The number of hydrogen-bond donors (Lipinski definition) is 1. The van der Waals surface area contributed by atoms with Gasteiger partial charge in [-0.25, -0.2) is 4.98 Å². The summed E-state index contributed by atoms with van der Waals surface area (Å²) in [6, 6.07) is 0. The van der Waals surface area contributed by atoms with Crippen LogP contribution in [0.5, 0.6) is 0 Å². The molecule has 1 N–H and O–H groups in total. The monoisotopic (exact) mass is 397 g/mol. The molecular formula is C16H23N5O3S2. The van der Waals surface area contributed by atoms with Crippen molar-refractivity contribution in [3.8, 4) is 0 Å². The first-order chi connectivity index (χ1) is 12.6. The largest absolute Gasteiger partial charge is 0.466 e. The van der Waals surface area contributed by atoms with Gasteiger partial charge in [0.15, 0.2) is 10.3 Å². The van der Waals surface area contributed by atoms with Crippen LogP contribution < -0.4 is 5.32 Å². The molecule has 2 rings (SSSR count). The predicted octanol–water partition coefficient (Wildman–Crippen LogP) is 2.54. The first kappa shape index (κ1) is 20.4. The SMILES string of the molecule is CCCn1c(CC)nnc1SCC(=O)Nc1nc(CC(=O)OCC)cs1. The third kappa shape index (κ3) is 5.80. The van der Waals surface area contributed by atoms with Gasteiger partial charge < -0.3 is 14.6 Å². The van der Waals surface area contributed by atoms with E-state index in [0.29, 0.717) is 17.4 Å². The minimum atomic E-state index is -0.326. The smallest absolute Gasteiger partial charge is 0.311 e. The maximum absolute atomic E-state index is 12.2. The van der Waals surface area contributed by atoms with Crippen LogP contribution in [0.15, 0.2) is 10.5 Å². The van der Waals surface area contributed by atoms with E-state index in [4.69, 9.17) is 4.74 Å². The van der Waals surface area contributed by atoms with Crippen LogP contribution in [0.3, 0.4) is 0 Å². The number of ether oxygens (including phenoxy) is 1. The molecule has 2 aromatic rings. The van der Waals surface area contributed by atoms with Crippen LogP contribution in [0.4, 0.5) is 5.13 Å². The maximum atomic E-state index is 12.2. The van der Waals surface area contributed by atoms with Crippen molar-refractivity contribution in [3.05, 3.63) is 16.9 Å². The van der Waals surface area contributed by atoms with Gasteiger partial charge in [-0.3, -0.25) is 9.59 Å². The molecule has 0 fully saturated rings. The summed E-state index contributed by atoms with van der Waals surface area (Å²) >= 11 is 2.64. The molecule has 142 valence electrons. The van der Waals surface area contributed by atoms with Gasteiger partial charge in [0, 0.05) is 18.3 Å². The fraction of sp³-hybridized carbons (Fsp3) is 0.562. The first-order valence-electron chi connectivity index (χ1n) is 8.52. The van der Waals surface area contributed by atoms with Crippen molar-refractivity contribution in [3.63, 3.8) is 0 Å². The molecule has 0 aliphatic rings. The second kappa shape index (κ2) is 10.3. The molecule has 0 radical (unpaired) electrons. The number of carbonyl (C=O) groups excluding carboxylic acids is 2. The highest BCUT2D eigenvalue weighted by atomic mass is 32.2. The van der Waals surface area contributed by atoms with Crippen LogP contribution >= 0.6 is 23.1 Å². The lowest BCUT2D eigenvalue weighted by atomic mass is 10.3. The van der Waals surface area contributed by atoms with Gasteiger partial charge in [-0.15, -0.1) is 21.5 Å². The molecule has 0 bridgehead atoms. The molecule has 0 spiro atoms. The Labute approximate surface area is 160 Å². The van der Waals surface area contributed by atoms with E-state index in [-0.39, 0.29) is 24.1 Å². The summed E-state index contributed by atoms with van der Waals surface area (Å²) in [7, 11) is 0. The van der Waals surface area contributed by atoms with Gasteiger partial charge in [0.05, 0.1) is 24.5 Å². The number of hydrogen-bond acceptors (Lipinski definition) is 8. The molecule has 0 atom stereocenters. The summed E-state index contributed by atoms with van der Waals surface area (Å²) < 4.78 is 6.94. The van der Waals surface area contributed by atoms with Crippen LogP contribution in [-0.2, 0) is 33.7 Å². The highest BCUT2D eigenvalue weighted by molar-refractivity contribution is 7.99. The lowest BCUT2D eigenvalue weighted by molar-refractivity contribution is -0.142. The number of nitrogens with one attached hydrogen (secondary N) is 1. The minimum absolute atomic E-state index is 0.106. The summed E-state index contributed by atoms with van der Waals surface area (Å²) in [5.41, 5.74) is 0.590. The number of thiazole rings is 1. The Morgan fingerprint density at radius 1 is 1.31 bits per heavy atom. The van der Waals surface area contributed by atoms with Crippen molar-refractivity contribution in [2.75, 3.05) is 17.7 Å². The molecule has 0 aliphatic heterocycles. The zero-order valence-corrected chi connectivity index (χ0v) is 16.8. The van der Waals surface area contributed by atoms with Gasteiger partial charge >= 0.3 is 5.97 Å². The van der Waals surface area contributed by atoms with Gasteiger partial charge in [0.25, 0.3) is 0 Å². The van der Waals surface area contributed by atoms with E-state index in [9.17, 15) is 9.59 Å². The summed E-state index contributed by atoms with van der Waals surface area (Å²) in [6.07, 6.45) is 1.89. The lowest BCUT2D eigenvalue weighted by Gasteiger charge is -2.07. The zero-order valence-electron chi connectivity index (χ0n) is 15.2. The lowest BCUT2D eigenvalue weighted by Crippen LogP contribution is -2.15. The number of aromatic nitrogens is 4. The molecule has 26 heavy (non-hydrogen) atoms. The molecule has 0 aliphatic carbocycles. The Morgan fingerprint density at radius 3 is 2.81 bits per heavy atom. The van der Waals surface area contributed by atoms with Crippen molar-refractivity contribution < 1.29 is 14.3 Å². The Hall–Kier alpha value is -1.94. The van der Waals surface area contributed by atoms with Crippen molar-refractivity contribution >= 4 is 40.1 Å². The normalized spacial score (nSPS) is 10.7. The third-order valence-electron chi connectivity index (χ3n) is 3.32. The van der Waals surface area contributed by atoms with Crippen molar-refractivity contribution in [2.45, 2.75) is 51.7 Å². The quantitative estimate of drug-likeness (QED) is 0.486. The number of aryl methyl sites for hydroxylation is 1. The summed E-state index contributed by atoms with van der Waals surface area (Å²) in [5.74, 6) is 0.654. The molecule has 0 aromatic carbocycles. The number of nitrogens with zero attached hydrogens (tertiary/aromatic N) is 4. The predicted molar refractivity (Wildman–Crippen MR) is 101 cm³/mol. The van der Waals surface area contributed by atoms with E-state index in [0.717, 1.165) is 30.4 Å². The summed E-state index contributed by atoms with van der Waals surface area (Å²) in [6.45, 7) is 7.06. The first-order valence-corrected chi connectivity index (χ1v) is 10.4. The molecule has 10 heteroatoms. The van der Waals surface area contributed by atoms with Crippen LogP contribution in [-0.4, -0.2) is 44.0 Å². The number of anilines is 1. The fourth-order valence-electron chi connectivity index (χ4n) is 2.23. The fourth-order valence-corrected chi connectivity index (χ4v) is 3.74. The topological polar surface area (TPSA) is 99.0 Å². The maximum Gasteiger partial charge on any atom is 0.311 e. The van der Waals surface area contributed by atoms with Crippen LogP contribution in [0.1, 0.15) is 38.7 Å². The minimum Gasteiger partial charge on any atom is -0.466 e. The molecule has 0 unspecified atom stereocenters.